The molecular weight excluding hydrogens is 483 g/mol. The molecule has 1 aliphatic heterocycles. The van der Waals surface area contributed by atoms with Gasteiger partial charge in [0, 0.05) is 34.4 Å². The number of aromatic nitrogens is 1. The van der Waals surface area contributed by atoms with Crippen LogP contribution in [0.5, 0.6) is 0 Å². The lowest BCUT2D eigenvalue weighted by Gasteiger charge is -2.32. The van der Waals surface area contributed by atoms with E-state index in [2.05, 4.69) is 0 Å². The predicted octanol–water partition coefficient (Wildman–Crippen LogP) is 5.17. The van der Waals surface area contributed by atoms with Gasteiger partial charge in [-0.15, -0.1) is 0 Å². The summed E-state index contributed by atoms with van der Waals surface area (Å²) in [5, 5.41) is 4.64. The molecule has 1 fully saturated rings. The van der Waals surface area contributed by atoms with Crippen molar-refractivity contribution in [2.24, 2.45) is 10.6 Å². The first-order valence-corrected chi connectivity index (χ1v) is 12.9. The van der Waals surface area contributed by atoms with Crippen molar-refractivity contribution in [1.82, 2.24) is 4.57 Å². The fourth-order valence-electron chi connectivity index (χ4n) is 4.29. The maximum atomic E-state index is 15.4. The van der Waals surface area contributed by atoms with Gasteiger partial charge in [0.1, 0.15) is 5.82 Å². The van der Waals surface area contributed by atoms with Crippen LogP contribution in [0, 0.1) is 11.2 Å². The highest BCUT2D eigenvalue weighted by atomic mass is 32.2. The van der Waals surface area contributed by atoms with Crippen molar-refractivity contribution in [2.75, 3.05) is 0 Å². The Morgan fingerprint density at radius 1 is 1.11 bits per heavy atom. The lowest BCUT2D eigenvalue weighted by atomic mass is 9.78. The lowest BCUT2D eigenvalue weighted by Crippen LogP contribution is -2.41. The number of rotatable bonds is 6. The van der Waals surface area contributed by atoms with Crippen molar-refractivity contribution >= 4 is 34.5 Å². The maximum Gasteiger partial charge on any atom is 0.497 e. The minimum atomic E-state index is -4.63. The van der Waals surface area contributed by atoms with Gasteiger partial charge in [-0.1, -0.05) is 20.8 Å². The second-order valence-corrected chi connectivity index (χ2v) is 13.2. The number of hydrogen-bond donors (Lipinski definition) is 1. The van der Waals surface area contributed by atoms with Crippen molar-refractivity contribution in [1.29, 1.82) is 0 Å². The second kappa shape index (κ2) is 9.15. The summed E-state index contributed by atoms with van der Waals surface area (Å²) in [6.07, 6.45) is -3.66. The number of benzene rings is 1. The van der Waals surface area contributed by atoms with Gasteiger partial charge in [0.25, 0.3) is 0 Å². The highest BCUT2D eigenvalue weighted by Gasteiger charge is 2.52. The Bertz CT molecular complexity index is 1110. The van der Waals surface area contributed by atoms with E-state index in [9.17, 15) is 17.4 Å². The van der Waals surface area contributed by atoms with Gasteiger partial charge in [-0.25, -0.2) is 8.60 Å². The quantitative estimate of drug-likeness (QED) is 0.424. The minimum Gasteiger partial charge on any atom is -0.399 e. The molecule has 0 amide bonds. The Kier molecular flexibility index (Phi) is 7.36. The first kappa shape index (κ1) is 28.2. The number of hydrogen-bond acceptors (Lipinski definition) is 3. The molecule has 0 spiro atoms. The van der Waals surface area contributed by atoms with Crippen molar-refractivity contribution in [3.05, 3.63) is 29.7 Å². The summed E-state index contributed by atoms with van der Waals surface area (Å²) in [6.45, 7) is 15.1. The fourth-order valence-corrected chi connectivity index (χ4v) is 4.67. The third-order valence-electron chi connectivity index (χ3n) is 6.92. The van der Waals surface area contributed by atoms with Crippen LogP contribution in [0.15, 0.2) is 18.3 Å². The zero-order chi connectivity index (χ0) is 26.7. The van der Waals surface area contributed by atoms with Crippen LogP contribution < -0.4 is 10.6 Å². The Labute approximate surface area is 207 Å². The SMILES string of the molecule is CC(C[C@@H](c1cn(CC(C)(C)C)c2cc(B3OC(C)(C)C(C)(C)O3)c(F)cc12)C(F)(F)F)S(N)=O. The molecule has 2 N–H and O–H groups in total. The summed E-state index contributed by atoms with van der Waals surface area (Å²) in [7, 11) is -2.92. The van der Waals surface area contributed by atoms with Crippen LogP contribution in [-0.2, 0) is 26.8 Å². The summed E-state index contributed by atoms with van der Waals surface area (Å²) >= 11 is 0. The van der Waals surface area contributed by atoms with Crippen LogP contribution in [0.3, 0.4) is 0 Å². The molecule has 196 valence electrons. The van der Waals surface area contributed by atoms with Gasteiger partial charge in [0.05, 0.1) is 28.1 Å². The standard InChI is InChI=1S/C24H35BF4N2O3S/c1-14(35(30)32)9-17(24(27,28)29)16-12-31(13-21(2,3)4)20-11-18(19(26)10-15(16)20)25-33-22(5,6)23(7,8)34-25/h10-12,14,17H,9,13,30H2,1-8H3/t14?,17-,35?/m0/s1. The fraction of sp³-hybridized carbons (Fsp3) is 0.667. The second-order valence-electron chi connectivity index (χ2n) is 11.7. The molecule has 1 saturated heterocycles. The monoisotopic (exact) mass is 518 g/mol. The van der Waals surface area contributed by atoms with Crippen LogP contribution in [0.1, 0.15) is 73.3 Å². The van der Waals surface area contributed by atoms with Gasteiger partial charge >= 0.3 is 13.3 Å². The van der Waals surface area contributed by atoms with Crippen LogP contribution in [0.4, 0.5) is 17.6 Å². The molecule has 3 atom stereocenters. The molecule has 11 heteroatoms. The molecule has 1 aliphatic rings. The van der Waals surface area contributed by atoms with Gasteiger partial charge < -0.3 is 13.9 Å². The predicted molar refractivity (Wildman–Crippen MR) is 132 cm³/mol. The van der Waals surface area contributed by atoms with E-state index in [1.165, 1.54) is 19.2 Å². The van der Waals surface area contributed by atoms with E-state index < -0.39 is 58.9 Å². The average molecular weight is 518 g/mol. The molecule has 2 heterocycles. The third kappa shape index (κ3) is 5.78. The topological polar surface area (TPSA) is 66.5 Å². The molecule has 1 aromatic carbocycles. The first-order chi connectivity index (χ1) is 15.7. The molecule has 1 aromatic heterocycles. The smallest absolute Gasteiger partial charge is 0.399 e. The van der Waals surface area contributed by atoms with Crippen molar-refractivity contribution in [2.45, 2.75) is 96.9 Å². The molecular formula is C24H35BF4N2O3S. The largest absolute Gasteiger partial charge is 0.497 e. The zero-order valence-electron chi connectivity index (χ0n) is 21.5. The Balaban J connectivity index is 2.21. The van der Waals surface area contributed by atoms with Crippen LogP contribution >= 0.6 is 0 Å². The summed E-state index contributed by atoms with van der Waals surface area (Å²) in [5.74, 6) is -2.65. The molecule has 5 nitrogen and oxygen atoms in total. The molecule has 3 rings (SSSR count). The molecule has 0 aliphatic carbocycles. The van der Waals surface area contributed by atoms with E-state index in [-0.39, 0.29) is 21.8 Å². The molecule has 2 aromatic rings. The number of alkyl halides is 3. The Morgan fingerprint density at radius 3 is 2.11 bits per heavy atom. The van der Waals surface area contributed by atoms with Gasteiger partial charge in [-0.2, -0.15) is 13.2 Å². The first-order valence-electron chi connectivity index (χ1n) is 11.6. The summed E-state index contributed by atoms with van der Waals surface area (Å²) in [5.41, 5.74) is -1.14. The lowest BCUT2D eigenvalue weighted by molar-refractivity contribution is -0.151. The van der Waals surface area contributed by atoms with Gasteiger partial charge in [-0.3, -0.25) is 5.14 Å². The number of halogens is 4. The summed E-state index contributed by atoms with van der Waals surface area (Å²) in [4.78, 5) is 0. The normalized spacial score (nSPS) is 20.9. The number of nitrogens with two attached hydrogens (primary N) is 1. The van der Waals surface area contributed by atoms with E-state index in [0.717, 1.165) is 6.07 Å². The van der Waals surface area contributed by atoms with Crippen LogP contribution in [-0.4, -0.2) is 38.5 Å². The van der Waals surface area contributed by atoms with Crippen molar-refractivity contribution < 1.29 is 31.1 Å². The molecule has 0 bridgehead atoms. The van der Waals surface area contributed by atoms with E-state index in [1.807, 2.05) is 48.5 Å². The summed E-state index contributed by atoms with van der Waals surface area (Å²) < 4.78 is 83.5. The van der Waals surface area contributed by atoms with E-state index in [4.69, 9.17) is 14.4 Å². The molecule has 0 saturated carbocycles. The molecule has 35 heavy (non-hydrogen) atoms. The molecule has 2 unspecified atom stereocenters. The van der Waals surface area contributed by atoms with Gasteiger partial charge in [-0.05, 0) is 64.2 Å². The van der Waals surface area contributed by atoms with Crippen LogP contribution in [0.2, 0.25) is 0 Å². The van der Waals surface area contributed by atoms with Gasteiger partial charge in [0.15, 0.2) is 0 Å². The number of nitrogens with zero attached hydrogens (tertiary/aromatic N) is 1. The highest BCUT2D eigenvalue weighted by Crippen LogP contribution is 2.43. The van der Waals surface area contributed by atoms with Crippen LogP contribution in [0.25, 0.3) is 10.9 Å². The summed E-state index contributed by atoms with van der Waals surface area (Å²) in [6, 6.07) is 2.66. The Morgan fingerprint density at radius 2 is 1.66 bits per heavy atom. The Hall–Kier alpha value is -1.43. The highest BCUT2D eigenvalue weighted by molar-refractivity contribution is 7.83. The van der Waals surface area contributed by atoms with E-state index in [0.29, 0.717) is 12.1 Å². The van der Waals surface area contributed by atoms with E-state index >= 15 is 4.39 Å². The number of fused-ring (bicyclic) bond motifs is 1. The maximum absolute atomic E-state index is 15.4. The van der Waals surface area contributed by atoms with Crippen molar-refractivity contribution in [3.63, 3.8) is 0 Å². The van der Waals surface area contributed by atoms with Crippen molar-refractivity contribution in [3.8, 4) is 0 Å². The minimum absolute atomic E-state index is 0.0616. The van der Waals surface area contributed by atoms with Gasteiger partial charge in [0.2, 0.25) is 0 Å². The van der Waals surface area contributed by atoms with E-state index in [1.54, 1.807) is 4.57 Å². The molecule has 0 radical (unpaired) electrons. The zero-order valence-corrected chi connectivity index (χ0v) is 22.4. The average Bonchev–Trinajstić information content (AvgIpc) is 3.08. The third-order valence-corrected chi connectivity index (χ3v) is 7.90.